The van der Waals surface area contributed by atoms with Gasteiger partial charge in [0.05, 0.1) is 23.9 Å². The zero-order valence-electron chi connectivity index (χ0n) is 14.5. The molecule has 1 aromatic carbocycles. The summed E-state index contributed by atoms with van der Waals surface area (Å²) in [5, 5.41) is 6.85. The minimum atomic E-state index is -0.511. The van der Waals surface area contributed by atoms with Gasteiger partial charge in [0, 0.05) is 22.2 Å². The standard InChI is InChI=1S/C19H16N2O4S/c1-9-7-24-15-6-16-13(4-12(9)15)11(3)14(18(23)25-16)5-17(22)21-19-20-10(2)8-26-19/h4,6-8H,5H2,1-3H3,(H,20,21,22). The number of carbonyl (C=O) groups is 1. The van der Waals surface area contributed by atoms with Gasteiger partial charge in [0.25, 0.3) is 0 Å². The Labute approximate surface area is 152 Å². The van der Waals surface area contributed by atoms with Gasteiger partial charge in [-0.25, -0.2) is 9.78 Å². The van der Waals surface area contributed by atoms with Crippen LogP contribution in [0, 0.1) is 20.8 Å². The summed E-state index contributed by atoms with van der Waals surface area (Å²) in [6.45, 7) is 5.64. The van der Waals surface area contributed by atoms with Crippen molar-refractivity contribution < 1.29 is 13.6 Å². The van der Waals surface area contributed by atoms with E-state index in [9.17, 15) is 9.59 Å². The second-order valence-corrected chi connectivity index (χ2v) is 7.13. The van der Waals surface area contributed by atoms with E-state index in [4.69, 9.17) is 8.83 Å². The lowest BCUT2D eigenvalue weighted by Gasteiger charge is -2.08. The van der Waals surface area contributed by atoms with Crippen LogP contribution in [0.25, 0.3) is 21.9 Å². The zero-order chi connectivity index (χ0) is 18.4. The van der Waals surface area contributed by atoms with Crippen LogP contribution in [0.3, 0.4) is 0 Å². The molecule has 1 N–H and O–H groups in total. The van der Waals surface area contributed by atoms with E-state index in [2.05, 4.69) is 10.3 Å². The highest BCUT2D eigenvalue weighted by molar-refractivity contribution is 7.13. The summed E-state index contributed by atoms with van der Waals surface area (Å²) in [4.78, 5) is 28.9. The number of aromatic nitrogens is 1. The van der Waals surface area contributed by atoms with Crippen LogP contribution in [0.4, 0.5) is 5.13 Å². The molecule has 7 heteroatoms. The molecule has 0 aliphatic heterocycles. The lowest BCUT2D eigenvalue weighted by molar-refractivity contribution is -0.115. The SMILES string of the molecule is Cc1csc(NC(=O)Cc2c(C)c3cc4c(C)coc4cc3oc2=O)n1. The predicted octanol–water partition coefficient (Wildman–Crippen LogP) is 4.10. The molecule has 4 rings (SSSR count). The lowest BCUT2D eigenvalue weighted by atomic mass is 10.0. The van der Waals surface area contributed by atoms with Crippen LogP contribution in [-0.4, -0.2) is 10.9 Å². The van der Waals surface area contributed by atoms with E-state index in [-0.39, 0.29) is 12.3 Å². The molecule has 0 saturated heterocycles. The largest absolute Gasteiger partial charge is 0.464 e. The molecule has 0 aliphatic carbocycles. The Morgan fingerprint density at radius 1 is 1.19 bits per heavy atom. The topological polar surface area (TPSA) is 85.3 Å². The molecule has 0 bridgehead atoms. The number of anilines is 1. The molecule has 0 aliphatic rings. The first-order chi connectivity index (χ1) is 12.4. The number of nitrogens with one attached hydrogen (secondary N) is 1. The van der Waals surface area contributed by atoms with E-state index in [1.165, 1.54) is 11.3 Å². The van der Waals surface area contributed by atoms with Crippen molar-refractivity contribution in [2.24, 2.45) is 0 Å². The molecule has 1 amide bonds. The molecular weight excluding hydrogens is 352 g/mol. The Kier molecular flexibility index (Phi) is 3.88. The fraction of sp³-hybridized carbons (Fsp3) is 0.211. The number of nitrogens with zero attached hydrogens (tertiary/aromatic N) is 1. The van der Waals surface area contributed by atoms with Gasteiger partial charge >= 0.3 is 5.63 Å². The Hall–Kier alpha value is -2.93. The summed E-state index contributed by atoms with van der Waals surface area (Å²) < 4.78 is 10.9. The average Bonchev–Trinajstić information content (AvgIpc) is 3.16. The number of amides is 1. The van der Waals surface area contributed by atoms with Gasteiger partial charge in [-0.3, -0.25) is 4.79 Å². The van der Waals surface area contributed by atoms with Gasteiger partial charge in [-0.1, -0.05) is 0 Å². The Morgan fingerprint density at radius 3 is 2.73 bits per heavy atom. The van der Waals surface area contributed by atoms with Gasteiger partial charge in [-0.05, 0) is 38.0 Å². The first kappa shape index (κ1) is 16.5. The summed E-state index contributed by atoms with van der Waals surface area (Å²) in [5.41, 5.74) is 3.55. The molecule has 132 valence electrons. The van der Waals surface area contributed by atoms with E-state index in [0.29, 0.717) is 21.9 Å². The zero-order valence-corrected chi connectivity index (χ0v) is 15.3. The van der Waals surface area contributed by atoms with Gasteiger partial charge in [0.2, 0.25) is 5.91 Å². The minimum Gasteiger partial charge on any atom is -0.464 e. The van der Waals surface area contributed by atoms with E-state index in [1.807, 2.05) is 32.2 Å². The highest BCUT2D eigenvalue weighted by atomic mass is 32.1. The molecule has 6 nitrogen and oxygen atoms in total. The second-order valence-electron chi connectivity index (χ2n) is 6.28. The highest BCUT2D eigenvalue weighted by Crippen LogP contribution is 2.29. The Bertz CT molecular complexity index is 1220. The maximum Gasteiger partial charge on any atom is 0.340 e. The van der Waals surface area contributed by atoms with Gasteiger partial charge in [0.15, 0.2) is 5.13 Å². The molecule has 0 fully saturated rings. The van der Waals surface area contributed by atoms with Gasteiger partial charge in [-0.15, -0.1) is 11.3 Å². The Morgan fingerprint density at radius 2 is 2.00 bits per heavy atom. The van der Waals surface area contributed by atoms with Gasteiger partial charge in [-0.2, -0.15) is 0 Å². The maximum absolute atomic E-state index is 12.4. The summed E-state index contributed by atoms with van der Waals surface area (Å²) >= 11 is 1.35. The molecule has 0 spiro atoms. The van der Waals surface area contributed by atoms with Crippen LogP contribution in [0.1, 0.15) is 22.4 Å². The third-order valence-electron chi connectivity index (χ3n) is 4.38. The number of rotatable bonds is 3. The number of aryl methyl sites for hydroxylation is 3. The summed E-state index contributed by atoms with van der Waals surface area (Å²) in [6.07, 6.45) is 1.60. The third kappa shape index (κ3) is 2.80. The fourth-order valence-corrected chi connectivity index (χ4v) is 3.68. The number of fused-ring (bicyclic) bond motifs is 2. The first-order valence-corrected chi connectivity index (χ1v) is 8.96. The summed E-state index contributed by atoms with van der Waals surface area (Å²) in [6, 6.07) is 3.65. The number of thiazole rings is 1. The van der Waals surface area contributed by atoms with Gasteiger partial charge in [0.1, 0.15) is 11.2 Å². The maximum atomic E-state index is 12.4. The number of hydrogen-bond acceptors (Lipinski definition) is 6. The van der Waals surface area contributed by atoms with Crippen LogP contribution in [0.2, 0.25) is 0 Å². The number of hydrogen-bond donors (Lipinski definition) is 1. The molecule has 4 aromatic rings. The molecule has 3 aromatic heterocycles. The molecule has 3 heterocycles. The van der Waals surface area contributed by atoms with Crippen molar-refractivity contribution in [3.8, 4) is 0 Å². The third-order valence-corrected chi connectivity index (χ3v) is 5.25. The van der Waals surface area contributed by atoms with E-state index in [0.717, 1.165) is 27.6 Å². The van der Waals surface area contributed by atoms with E-state index in [1.54, 1.807) is 12.3 Å². The van der Waals surface area contributed by atoms with Crippen LogP contribution in [-0.2, 0) is 11.2 Å². The van der Waals surface area contributed by atoms with E-state index < -0.39 is 5.63 Å². The number of carbonyl (C=O) groups excluding carboxylic acids is 1. The van der Waals surface area contributed by atoms with Crippen molar-refractivity contribution in [1.29, 1.82) is 0 Å². The second kappa shape index (κ2) is 6.10. The van der Waals surface area contributed by atoms with Crippen LogP contribution >= 0.6 is 11.3 Å². The van der Waals surface area contributed by atoms with Crippen LogP contribution in [0.5, 0.6) is 0 Å². The molecular formula is C19H16N2O4S. The molecule has 0 atom stereocenters. The highest BCUT2D eigenvalue weighted by Gasteiger charge is 2.17. The summed E-state index contributed by atoms with van der Waals surface area (Å²) in [7, 11) is 0. The number of benzene rings is 1. The first-order valence-electron chi connectivity index (χ1n) is 8.08. The van der Waals surface area contributed by atoms with Crippen molar-refractivity contribution in [2.45, 2.75) is 27.2 Å². The molecule has 0 unspecified atom stereocenters. The van der Waals surface area contributed by atoms with Crippen molar-refractivity contribution in [3.05, 3.63) is 56.6 Å². The smallest absolute Gasteiger partial charge is 0.340 e. The molecule has 0 saturated carbocycles. The molecule has 26 heavy (non-hydrogen) atoms. The normalized spacial score (nSPS) is 11.3. The van der Waals surface area contributed by atoms with Crippen molar-refractivity contribution in [3.63, 3.8) is 0 Å². The van der Waals surface area contributed by atoms with Crippen molar-refractivity contribution >= 4 is 44.3 Å². The van der Waals surface area contributed by atoms with Crippen molar-refractivity contribution in [1.82, 2.24) is 4.98 Å². The predicted molar refractivity (Wildman–Crippen MR) is 101 cm³/mol. The van der Waals surface area contributed by atoms with Crippen LogP contribution in [0.15, 0.2) is 37.4 Å². The number of furan rings is 1. The lowest BCUT2D eigenvalue weighted by Crippen LogP contribution is -2.20. The molecule has 0 radical (unpaired) electrons. The average molecular weight is 368 g/mol. The fourth-order valence-electron chi connectivity index (χ4n) is 2.98. The van der Waals surface area contributed by atoms with E-state index >= 15 is 0 Å². The monoisotopic (exact) mass is 368 g/mol. The van der Waals surface area contributed by atoms with Crippen LogP contribution < -0.4 is 10.9 Å². The Balaban J connectivity index is 1.74. The summed E-state index contributed by atoms with van der Waals surface area (Å²) in [5.74, 6) is -0.297. The quantitative estimate of drug-likeness (QED) is 0.550. The van der Waals surface area contributed by atoms with Gasteiger partial charge < -0.3 is 14.2 Å². The minimum absolute atomic E-state index is 0.0643. The van der Waals surface area contributed by atoms with Crippen molar-refractivity contribution in [2.75, 3.05) is 5.32 Å².